The van der Waals surface area contributed by atoms with Gasteiger partial charge in [0.1, 0.15) is 0 Å². The quantitative estimate of drug-likeness (QED) is 0.547. The standard InChI is InChI=1S/C24H27NO4.ClH/c1-26-21-9-16-15-8-14-6-5-7-25(14)13-20(15)19-12-24(29-4)23(28-3)11-18(19)17(16)10-22(21)27-2;/h9-12,14H,5-8,13H2,1-4H3;1H/t14-;/m0./s1. The van der Waals surface area contributed by atoms with Crippen molar-refractivity contribution < 1.29 is 18.9 Å². The van der Waals surface area contributed by atoms with Crippen LogP contribution in [0.15, 0.2) is 24.3 Å². The number of fused-ring (bicyclic) bond motifs is 7. The monoisotopic (exact) mass is 429 g/mol. The van der Waals surface area contributed by atoms with Gasteiger partial charge < -0.3 is 18.9 Å². The van der Waals surface area contributed by atoms with Gasteiger partial charge >= 0.3 is 0 Å². The fraction of sp³-hybridized carbons (Fsp3) is 0.417. The van der Waals surface area contributed by atoms with E-state index in [4.69, 9.17) is 18.9 Å². The van der Waals surface area contributed by atoms with Gasteiger partial charge in [-0.1, -0.05) is 0 Å². The molecular weight excluding hydrogens is 402 g/mol. The van der Waals surface area contributed by atoms with E-state index in [9.17, 15) is 0 Å². The molecule has 5 nitrogen and oxygen atoms in total. The van der Waals surface area contributed by atoms with E-state index in [0.717, 1.165) is 41.3 Å². The Morgan fingerprint density at radius 1 is 0.700 bits per heavy atom. The molecule has 30 heavy (non-hydrogen) atoms. The summed E-state index contributed by atoms with van der Waals surface area (Å²) in [4.78, 5) is 2.63. The topological polar surface area (TPSA) is 40.2 Å². The van der Waals surface area contributed by atoms with E-state index in [1.54, 1.807) is 28.4 Å². The van der Waals surface area contributed by atoms with E-state index in [1.165, 1.54) is 46.7 Å². The van der Waals surface area contributed by atoms with Crippen molar-refractivity contribution in [2.75, 3.05) is 35.0 Å². The summed E-state index contributed by atoms with van der Waals surface area (Å²) in [6.07, 6.45) is 3.63. The van der Waals surface area contributed by atoms with Crippen LogP contribution >= 0.6 is 12.4 Å². The number of nitrogens with zero attached hydrogens (tertiary/aromatic N) is 1. The summed E-state index contributed by atoms with van der Waals surface area (Å²) in [7, 11) is 6.76. The first-order valence-electron chi connectivity index (χ1n) is 10.2. The van der Waals surface area contributed by atoms with Gasteiger partial charge in [0.25, 0.3) is 0 Å². The molecule has 2 heterocycles. The molecule has 1 atom stereocenters. The minimum atomic E-state index is 0. The molecule has 0 N–H and O–H groups in total. The van der Waals surface area contributed by atoms with Crippen molar-refractivity contribution in [3.05, 3.63) is 35.4 Å². The summed E-state index contributed by atoms with van der Waals surface area (Å²) in [5, 5.41) is 4.82. The van der Waals surface area contributed by atoms with E-state index in [1.807, 2.05) is 0 Å². The summed E-state index contributed by atoms with van der Waals surface area (Å²) >= 11 is 0. The molecule has 0 spiro atoms. The zero-order chi connectivity index (χ0) is 20.1. The van der Waals surface area contributed by atoms with Crippen LogP contribution in [0.5, 0.6) is 23.0 Å². The fourth-order valence-corrected chi connectivity index (χ4v) is 5.22. The lowest BCUT2D eigenvalue weighted by atomic mass is 9.85. The molecule has 3 aromatic rings. The van der Waals surface area contributed by atoms with Crippen molar-refractivity contribution in [1.29, 1.82) is 0 Å². The molecule has 0 amide bonds. The van der Waals surface area contributed by atoms with Crippen LogP contribution in [0.1, 0.15) is 24.0 Å². The molecule has 2 aliphatic heterocycles. The number of methoxy groups -OCH3 is 4. The Morgan fingerprint density at radius 2 is 1.17 bits per heavy atom. The van der Waals surface area contributed by atoms with Crippen LogP contribution in [0.4, 0.5) is 0 Å². The predicted molar refractivity (Wildman–Crippen MR) is 122 cm³/mol. The number of hydrogen-bond acceptors (Lipinski definition) is 5. The van der Waals surface area contributed by atoms with Crippen LogP contribution in [0, 0.1) is 0 Å². The lowest BCUT2D eigenvalue weighted by Gasteiger charge is -2.33. The molecule has 0 aromatic heterocycles. The molecule has 2 aliphatic rings. The summed E-state index contributed by atoms with van der Waals surface area (Å²) < 4.78 is 22.5. The molecule has 160 valence electrons. The Balaban J connectivity index is 0.00000218. The van der Waals surface area contributed by atoms with Gasteiger partial charge in [-0.25, -0.2) is 0 Å². The maximum absolute atomic E-state index is 5.64. The van der Waals surface area contributed by atoms with E-state index in [2.05, 4.69) is 29.2 Å². The fourth-order valence-electron chi connectivity index (χ4n) is 5.22. The molecule has 0 bridgehead atoms. The Kier molecular flexibility index (Phi) is 5.60. The Morgan fingerprint density at radius 3 is 1.67 bits per heavy atom. The number of hydrogen-bond donors (Lipinski definition) is 0. The number of halogens is 1. The third kappa shape index (κ3) is 3.03. The minimum absolute atomic E-state index is 0. The Bertz CT molecular complexity index is 1030. The maximum atomic E-state index is 5.64. The summed E-state index contributed by atoms with van der Waals surface area (Å²) in [5.41, 5.74) is 2.84. The largest absolute Gasteiger partial charge is 0.493 e. The van der Waals surface area contributed by atoms with Crippen molar-refractivity contribution in [1.82, 2.24) is 4.90 Å². The van der Waals surface area contributed by atoms with Crippen molar-refractivity contribution in [3.8, 4) is 23.0 Å². The molecular formula is C24H28ClNO4. The van der Waals surface area contributed by atoms with Crippen LogP contribution in [0.25, 0.3) is 21.5 Å². The lowest BCUT2D eigenvalue weighted by molar-refractivity contribution is 0.229. The second kappa shape index (κ2) is 8.05. The summed E-state index contributed by atoms with van der Waals surface area (Å²) in [6.45, 7) is 2.17. The van der Waals surface area contributed by atoms with Gasteiger partial charge in [-0.2, -0.15) is 0 Å². The Hall–Kier alpha value is -2.37. The third-order valence-electron chi connectivity index (χ3n) is 6.65. The van der Waals surface area contributed by atoms with Gasteiger partial charge in [-0.15, -0.1) is 12.4 Å². The smallest absolute Gasteiger partial charge is 0.161 e. The molecule has 3 aromatic carbocycles. The van der Waals surface area contributed by atoms with E-state index in [-0.39, 0.29) is 12.4 Å². The average molecular weight is 430 g/mol. The second-order valence-electron chi connectivity index (χ2n) is 7.93. The highest BCUT2D eigenvalue weighted by molar-refractivity contribution is 6.12. The summed E-state index contributed by atoms with van der Waals surface area (Å²) in [6, 6.07) is 9.12. The van der Waals surface area contributed by atoms with E-state index >= 15 is 0 Å². The van der Waals surface area contributed by atoms with Crippen molar-refractivity contribution >= 4 is 34.0 Å². The predicted octanol–water partition coefficient (Wildman–Crippen LogP) is 4.97. The van der Waals surface area contributed by atoms with Gasteiger partial charge in [-0.05, 0) is 82.7 Å². The van der Waals surface area contributed by atoms with Gasteiger partial charge in [-0.3, -0.25) is 4.90 Å². The second-order valence-corrected chi connectivity index (χ2v) is 7.93. The molecule has 5 rings (SSSR count). The normalized spacial score (nSPS) is 17.9. The molecule has 0 saturated carbocycles. The zero-order valence-electron chi connectivity index (χ0n) is 17.9. The zero-order valence-corrected chi connectivity index (χ0v) is 18.7. The van der Waals surface area contributed by atoms with Crippen LogP contribution in [-0.4, -0.2) is 45.9 Å². The van der Waals surface area contributed by atoms with Crippen molar-refractivity contribution in [2.24, 2.45) is 0 Å². The summed E-state index contributed by atoms with van der Waals surface area (Å²) in [5.74, 6) is 3.03. The van der Waals surface area contributed by atoms with Gasteiger partial charge in [0.15, 0.2) is 23.0 Å². The Labute approximate surface area is 183 Å². The molecule has 0 radical (unpaired) electrons. The van der Waals surface area contributed by atoms with E-state index < -0.39 is 0 Å². The van der Waals surface area contributed by atoms with Crippen LogP contribution in [0.3, 0.4) is 0 Å². The van der Waals surface area contributed by atoms with Gasteiger partial charge in [0.2, 0.25) is 0 Å². The highest BCUT2D eigenvalue weighted by atomic mass is 35.5. The van der Waals surface area contributed by atoms with Crippen molar-refractivity contribution in [3.63, 3.8) is 0 Å². The maximum Gasteiger partial charge on any atom is 0.161 e. The number of benzene rings is 3. The molecule has 0 unspecified atom stereocenters. The number of ether oxygens (including phenoxy) is 4. The highest BCUT2D eigenvalue weighted by Crippen LogP contribution is 2.46. The van der Waals surface area contributed by atoms with Crippen LogP contribution in [-0.2, 0) is 13.0 Å². The first-order valence-corrected chi connectivity index (χ1v) is 10.2. The van der Waals surface area contributed by atoms with Crippen LogP contribution < -0.4 is 18.9 Å². The lowest BCUT2D eigenvalue weighted by Crippen LogP contribution is -2.35. The third-order valence-corrected chi connectivity index (χ3v) is 6.65. The molecule has 1 saturated heterocycles. The number of rotatable bonds is 4. The first-order chi connectivity index (χ1) is 14.2. The molecule has 6 heteroatoms. The molecule has 0 aliphatic carbocycles. The van der Waals surface area contributed by atoms with Crippen molar-refractivity contribution in [2.45, 2.75) is 31.8 Å². The first kappa shape index (κ1) is 20.9. The van der Waals surface area contributed by atoms with Crippen LogP contribution in [0.2, 0.25) is 0 Å². The molecule has 1 fully saturated rings. The highest BCUT2D eigenvalue weighted by Gasteiger charge is 2.32. The van der Waals surface area contributed by atoms with Gasteiger partial charge in [0.05, 0.1) is 28.4 Å². The van der Waals surface area contributed by atoms with Gasteiger partial charge in [0, 0.05) is 12.6 Å². The average Bonchev–Trinajstić information content (AvgIpc) is 3.23. The SMILES string of the molecule is COc1cc2c3c(c4cc(OC)c(OC)cc4c2cc1OC)CN1CCC[C@H]1C3.Cl. The minimum Gasteiger partial charge on any atom is -0.493 e. The van der Waals surface area contributed by atoms with E-state index in [0.29, 0.717) is 6.04 Å².